The summed E-state index contributed by atoms with van der Waals surface area (Å²) in [5.74, 6) is 0.751. The number of benzene rings is 1. The van der Waals surface area contributed by atoms with E-state index in [4.69, 9.17) is 14.6 Å². The van der Waals surface area contributed by atoms with Crippen LogP contribution in [0.3, 0.4) is 0 Å². The molecule has 0 bridgehead atoms. The van der Waals surface area contributed by atoms with Crippen LogP contribution in [-0.2, 0) is 22.7 Å². The fourth-order valence-electron chi connectivity index (χ4n) is 2.81. The molecule has 1 atom stereocenters. The van der Waals surface area contributed by atoms with Crippen molar-refractivity contribution in [1.29, 1.82) is 0 Å². The number of carbonyl (C=O) groups excluding carboxylic acids is 1. The van der Waals surface area contributed by atoms with Crippen LogP contribution in [-0.4, -0.2) is 45.6 Å². The standard InChI is InChI=1S/C20H24N4O4/c1-15(12-27-13-16-6-3-2-4-7-16)19-23-22-18-9-5-8-17(24(18)19)14-28-20(26)21-10-11-25/h2-9,15,25H,10-14H2,1H3,(H,21,26). The lowest BCUT2D eigenvalue weighted by atomic mass is 10.2. The van der Waals surface area contributed by atoms with Crippen LogP contribution in [0.15, 0.2) is 48.5 Å². The molecule has 2 heterocycles. The van der Waals surface area contributed by atoms with Gasteiger partial charge in [-0.25, -0.2) is 4.79 Å². The number of nitrogens with one attached hydrogen (secondary N) is 1. The van der Waals surface area contributed by atoms with E-state index in [1.807, 2.05) is 59.9 Å². The highest BCUT2D eigenvalue weighted by Gasteiger charge is 2.17. The number of carbonyl (C=O) groups is 1. The lowest BCUT2D eigenvalue weighted by Gasteiger charge is -2.13. The van der Waals surface area contributed by atoms with Crippen molar-refractivity contribution in [1.82, 2.24) is 19.9 Å². The topological polar surface area (TPSA) is 98.0 Å². The Balaban J connectivity index is 1.66. The molecule has 0 saturated carbocycles. The lowest BCUT2D eigenvalue weighted by Crippen LogP contribution is -2.27. The van der Waals surface area contributed by atoms with Crippen LogP contribution in [0.1, 0.15) is 29.9 Å². The molecule has 1 amide bonds. The molecular formula is C20H24N4O4. The van der Waals surface area contributed by atoms with E-state index in [0.29, 0.717) is 18.9 Å². The minimum absolute atomic E-state index is 0.00285. The Morgan fingerprint density at radius 2 is 1.96 bits per heavy atom. The summed E-state index contributed by atoms with van der Waals surface area (Å²) in [6, 6.07) is 15.5. The normalized spacial score (nSPS) is 12.1. The molecule has 8 nitrogen and oxygen atoms in total. The Hall–Kier alpha value is -2.97. The van der Waals surface area contributed by atoms with Gasteiger partial charge in [0.25, 0.3) is 0 Å². The minimum Gasteiger partial charge on any atom is -0.443 e. The minimum atomic E-state index is -0.583. The second kappa shape index (κ2) is 9.82. The van der Waals surface area contributed by atoms with Crippen molar-refractivity contribution >= 4 is 11.7 Å². The number of aromatic nitrogens is 3. The van der Waals surface area contributed by atoms with E-state index in [2.05, 4.69) is 15.5 Å². The van der Waals surface area contributed by atoms with E-state index < -0.39 is 6.09 Å². The molecule has 0 fully saturated rings. The Bertz CT molecular complexity index is 898. The Morgan fingerprint density at radius 3 is 2.75 bits per heavy atom. The number of aliphatic hydroxyl groups is 1. The molecule has 0 radical (unpaired) electrons. The number of aliphatic hydroxyl groups excluding tert-OH is 1. The van der Waals surface area contributed by atoms with Gasteiger partial charge in [0, 0.05) is 12.5 Å². The molecule has 3 rings (SSSR count). The molecule has 0 saturated heterocycles. The Labute approximate surface area is 163 Å². The third-order valence-electron chi connectivity index (χ3n) is 4.19. The molecule has 28 heavy (non-hydrogen) atoms. The highest BCUT2D eigenvalue weighted by molar-refractivity contribution is 5.67. The molecule has 8 heteroatoms. The highest BCUT2D eigenvalue weighted by Crippen LogP contribution is 2.18. The summed E-state index contributed by atoms with van der Waals surface area (Å²) in [6.45, 7) is 3.12. The molecule has 148 valence electrons. The molecule has 2 N–H and O–H groups in total. The number of amides is 1. The van der Waals surface area contributed by atoms with Crippen LogP contribution in [0.5, 0.6) is 0 Å². The van der Waals surface area contributed by atoms with Crippen molar-refractivity contribution in [2.45, 2.75) is 26.1 Å². The predicted octanol–water partition coefficient (Wildman–Crippen LogP) is 2.27. The molecule has 3 aromatic rings. The maximum absolute atomic E-state index is 11.6. The van der Waals surface area contributed by atoms with Crippen LogP contribution in [0.4, 0.5) is 4.79 Å². The summed E-state index contributed by atoms with van der Waals surface area (Å²) in [5.41, 5.74) is 2.55. The summed E-state index contributed by atoms with van der Waals surface area (Å²) >= 11 is 0. The van der Waals surface area contributed by atoms with E-state index >= 15 is 0 Å². The van der Waals surface area contributed by atoms with Gasteiger partial charge in [-0.3, -0.25) is 4.40 Å². The lowest BCUT2D eigenvalue weighted by molar-refractivity contribution is 0.108. The summed E-state index contributed by atoms with van der Waals surface area (Å²) in [5, 5.41) is 19.7. The fraction of sp³-hybridized carbons (Fsp3) is 0.350. The molecule has 2 aromatic heterocycles. The number of pyridine rings is 1. The molecular weight excluding hydrogens is 360 g/mol. The predicted molar refractivity (Wildman–Crippen MR) is 103 cm³/mol. The van der Waals surface area contributed by atoms with Gasteiger partial charge < -0.3 is 19.9 Å². The van der Waals surface area contributed by atoms with Crippen LogP contribution < -0.4 is 5.32 Å². The first-order valence-electron chi connectivity index (χ1n) is 9.15. The Morgan fingerprint density at radius 1 is 1.14 bits per heavy atom. The van der Waals surface area contributed by atoms with Gasteiger partial charge in [0.1, 0.15) is 12.4 Å². The molecule has 0 aliphatic rings. The molecule has 0 aliphatic carbocycles. The number of hydrogen-bond acceptors (Lipinski definition) is 6. The van der Waals surface area contributed by atoms with Gasteiger partial charge >= 0.3 is 6.09 Å². The average molecular weight is 384 g/mol. The van der Waals surface area contributed by atoms with Crippen molar-refractivity contribution in [3.63, 3.8) is 0 Å². The largest absolute Gasteiger partial charge is 0.443 e. The third-order valence-corrected chi connectivity index (χ3v) is 4.19. The average Bonchev–Trinajstić information content (AvgIpc) is 3.16. The number of nitrogens with zero attached hydrogens (tertiary/aromatic N) is 3. The first-order chi connectivity index (χ1) is 13.7. The first-order valence-corrected chi connectivity index (χ1v) is 9.15. The molecule has 0 aliphatic heterocycles. The van der Waals surface area contributed by atoms with Crippen molar-refractivity contribution in [3.05, 3.63) is 65.6 Å². The summed E-state index contributed by atoms with van der Waals surface area (Å²) in [7, 11) is 0. The monoisotopic (exact) mass is 384 g/mol. The van der Waals surface area contributed by atoms with E-state index in [9.17, 15) is 4.79 Å². The SMILES string of the molecule is CC(COCc1ccccc1)c1nnc2cccc(COC(=O)NCCO)n12. The number of rotatable bonds is 9. The van der Waals surface area contributed by atoms with Crippen molar-refractivity contribution in [2.75, 3.05) is 19.8 Å². The maximum atomic E-state index is 11.6. The number of fused-ring (bicyclic) bond motifs is 1. The van der Waals surface area contributed by atoms with Crippen LogP contribution >= 0.6 is 0 Å². The quantitative estimate of drug-likeness (QED) is 0.587. The van der Waals surface area contributed by atoms with E-state index in [-0.39, 0.29) is 25.7 Å². The van der Waals surface area contributed by atoms with Gasteiger partial charge in [0.15, 0.2) is 5.65 Å². The summed E-state index contributed by atoms with van der Waals surface area (Å²) in [4.78, 5) is 11.6. The zero-order valence-corrected chi connectivity index (χ0v) is 15.7. The molecule has 1 unspecified atom stereocenters. The number of ether oxygens (including phenoxy) is 2. The highest BCUT2D eigenvalue weighted by atomic mass is 16.5. The van der Waals surface area contributed by atoms with Gasteiger partial charge in [-0.15, -0.1) is 10.2 Å². The van der Waals surface area contributed by atoms with Crippen molar-refractivity contribution < 1.29 is 19.4 Å². The Kier molecular flexibility index (Phi) is 6.94. The van der Waals surface area contributed by atoms with Gasteiger partial charge in [-0.05, 0) is 17.7 Å². The summed E-state index contributed by atoms with van der Waals surface area (Å²) < 4.78 is 12.9. The smallest absolute Gasteiger partial charge is 0.407 e. The van der Waals surface area contributed by atoms with Gasteiger partial charge in [-0.2, -0.15) is 0 Å². The second-order valence-corrected chi connectivity index (χ2v) is 6.40. The van der Waals surface area contributed by atoms with E-state index in [1.165, 1.54) is 0 Å². The van der Waals surface area contributed by atoms with Gasteiger partial charge in [0.2, 0.25) is 0 Å². The number of alkyl carbamates (subject to hydrolysis) is 1. The van der Waals surface area contributed by atoms with Crippen LogP contribution in [0, 0.1) is 0 Å². The molecule has 0 spiro atoms. The zero-order chi connectivity index (χ0) is 19.8. The van der Waals surface area contributed by atoms with E-state index in [0.717, 1.165) is 17.1 Å². The maximum Gasteiger partial charge on any atom is 0.407 e. The third kappa shape index (κ3) is 5.05. The number of hydrogen-bond donors (Lipinski definition) is 2. The first kappa shape index (κ1) is 19.8. The summed E-state index contributed by atoms with van der Waals surface area (Å²) in [6.07, 6.45) is -0.583. The fourth-order valence-corrected chi connectivity index (χ4v) is 2.81. The second-order valence-electron chi connectivity index (χ2n) is 6.40. The van der Waals surface area contributed by atoms with Crippen LogP contribution in [0.2, 0.25) is 0 Å². The van der Waals surface area contributed by atoms with Crippen molar-refractivity contribution in [3.8, 4) is 0 Å². The molecule has 1 aromatic carbocycles. The van der Waals surface area contributed by atoms with Crippen molar-refractivity contribution in [2.24, 2.45) is 0 Å². The van der Waals surface area contributed by atoms with Gasteiger partial charge in [0.05, 0.1) is 25.5 Å². The van der Waals surface area contributed by atoms with Crippen LogP contribution in [0.25, 0.3) is 5.65 Å². The van der Waals surface area contributed by atoms with Gasteiger partial charge in [-0.1, -0.05) is 43.3 Å². The van der Waals surface area contributed by atoms with E-state index in [1.54, 1.807) is 0 Å². The zero-order valence-electron chi connectivity index (χ0n) is 15.7.